The van der Waals surface area contributed by atoms with Crippen LogP contribution in [-0.2, 0) is 0 Å². The lowest BCUT2D eigenvalue weighted by atomic mass is 9.85. The lowest BCUT2D eigenvalue weighted by Crippen LogP contribution is -2.09. The number of aromatic hydroxyl groups is 1. The van der Waals surface area contributed by atoms with E-state index in [-0.39, 0.29) is 23.0 Å². The number of methoxy groups -OCH3 is 4. The Hall–Kier alpha value is -4.49. The van der Waals surface area contributed by atoms with Crippen LogP contribution in [0.2, 0.25) is 0 Å². The van der Waals surface area contributed by atoms with E-state index in [0.717, 1.165) is 10.1 Å². The minimum Gasteiger partial charge on any atom is -0.502 e. The molecule has 0 fully saturated rings. The van der Waals surface area contributed by atoms with E-state index in [1.165, 1.54) is 25.6 Å². The van der Waals surface area contributed by atoms with Gasteiger partial charge in [-0.1, -0.05) is 48.5 Å². The van der Waals surface area contributed by atoms with Crippen molar-refractivity contribution >= 4 is 27.2 Å². The second kappa shape index (κ2) is 10.5. The van der Waals surface area contributed by atoms with E-state index in [2.05, 4.69) is 0 Å². The Labute approximate surface area is 224 Å². The second-order valence-corrected chi connectivity index (χ2v) is 9.35. The summed E-state index contributed by atoms with van der Waals surface area (Å²) in [5.41, 5.74) is 2.99. The Bertz CT molecular complexity index is 1640. The number of benzene rings is 4. The van der Waals surface area contributed by atoms with Crippen molar-refractivity contribution in [3.8, 4) is 51.0 Å². The van der Waals surface area contributed by atoms with Crippen LogP contribution in [0, 0.1) is 0 Å². The number of fused-ring (bicyclic) bond motifs is 1. The van der Waals surface area contributed by atoms with E-state index in [0.29, 0.717) is 44.9 Å². The molecule has 5 rings (SSSR count). The summed E-state index contributed by atoms with van der Waals surface area (Å²) in [6.45, 7) is 0. The molecule has 4 aromatic carbocycles. The topological polar surface area (TPSA) is 74.2 Å². The Morgan fingerprint density at radius 2 is 1.39 bits per heavy atom. The molecule has 5 aromatic rings. The monoisotopic (exact) mass is 526 g/mol. The number of carbonyl (C=O) groups is 1. The third kappa shape index (κ3) is 4.11. The highest BCUT2D eigenvalue weighted by Gasteiger charge is 2.33. The molecule has 0 saturated carbocycles. The number of rotatable bonds is 8. The van der Waals surface area contributed by atoms with Gasteiger partial charge in [0.2, 0.25) is 5.75 Å². The quantitative estimate of drug-likeness (QED) is 0.215. The smallest absolute Gasteiger partial charge is 0.202 e. The van der Waals surface area contributed by atoms with Crippen molar-refractivity contribution in [1.82, 2.24) is 0 Å². The summed E-state index contributed by atoms with van der Waals surface area (Å²) in [4.78, 5) is 14.6. The van der Waals surface area contributed by atoms with Crippen LogP contribution in [0.25, 0.3) is 32.3 Å². The molecule has 0 atom stereocenters. The van der Waals surface area contributed by atoms with Gasteiger partial charge < -0.3 is 24.1 Å². The first kappa shape index (κ1) is 25.2. The molecule has 6 nitrogen and oxygen atoms in total. The maximum atomic E-state index is 14.6. The molecule has 0 unspecified atom stereocenters. The molecular weight excluding hydrogens is 500 g/mol. The van der Waals surface area contributed by atoms with Crippen molar-refractivity contribution in [3.05, 3.63) is 89.3 Å². The van der Waals surface area contributed by atoms with E-state index in [1.807, 2.05) is 60.0 Å². The van der Waals surface area contributed by atoms with Crippen molar-refractivity contribution in [1.29, 1.82) is 0 Å². The highest BCUT2D eigenvalue weighted by molar-refractivity contribution is 7.17. The highest BCUT2D eigenvalue weighted by Crippen LogP contribution is 2.54. The zero-order valence-corrected chi connectivity index (χ0v) is 22.2. The van der Waals surface area contributed by atoms with Gasteiger partial charge in [0.15, 0.2) is 17.3 Å². The van der Waals surface area contributed by atoms with Crippen LogP contribution < -0.4 is 18.9 Å². The minimum atomic E-state index is -0.231. The molecule has 1 N–H and O–H groups in total. The van der Waals surface area contributed by atoms with Gasteiger partial charge in [-0.05, 0) is 29.8 Å². The Morgan fingerprint density at radius 1 is 0.737 bits per heavy atom. The van der Waals surface area contributed by atoms with Crippen molar-refractivity contribution < 1.29 is 28.8 Å². The average Bonchev–Trinajstić information content (AvgIpc) is 3.40. The van der Waals surface area contributed by atoms with Crippen LogP contribution in [0.1, 0.15) is 15.9 Å². The molecule has 0 amide bonds. The third-order valence-electron chi connectivity index (χ3n) is 6.50. The fraction of sp³-hybridized carbons (Fsp3) is 0.129. The van der Waals surface area contributed by atoms with Gasteiger partial charge >= 0.3 is 0 Å². The largest absolute Gasteiger partial charge is 0.502 e. The van der Waals surface area contributed by atoms with Gasteiger partial charge in [-0.3, -0.25) is 4.79 Å². The molecule has 1 aromatic heterocycles. The van der Waals surface area contributed by atoms with Gasteiger partial charge in [0.05, 0.1) is 28.4 Å². The van der Waals surface area contributed by atoms with Crippen molar-refractivity contribution in [2.24, 2.45) is 0 Å². The zero-order valence-electron chi connectivity index (χ0n) is 21.4. The molecule has 0 aliphatic carbocycles. The molecule has 0 saturated heterocycles. The first-order chi connectivity index (χ1) is 18.5. The summed E-state index contributed by atoms with van der Waals surface area (Å²) in [6, 6.07) is 22.4. The van der Waals surface area contributed by atoms with Crippen molar-refractivity contribution in [3.63, 3.8) is 0 Å². The van der Waals surface area contributed by atoms with E-state index >= 15 is 0 Å². The minimum absolute atomic E-state index is 0.117. The molecule has 192 valence electrons. The van der Waals surface area contributed by atoms with Crippen LogP contribution in [0.5, 0.6) is 28.7 Å². The average molecular weight is 527 g/mol. The number of phenols is 1. The Kier molecular flexibility index (Phi) is 6.94. The number of para-hydroxylation sites is 1. The lowest BCUT2D eigenvalue weighted by molar-refractivity contribution is 0.104. The van der Waals surface area contributed by atoms with Crippen LogP contribution in [0.3, 0.4) is 0 Å². The van der Waals surface area contributed by atoms with Gasteiger partial charge in [0, 0.05) is 43.3 Å². The molecule has 0 bridgehead atoms. The maximum absolute atomic E-state index is 14.6. The SMILES string of the molecule is COc1ccc(-c2c(OC)c(O)c(OC)c(-c3ccccc3OC)c2C(=O)c2csc3ccccc23)cc1. The second-order valence-electron chi connectivity index (χ2n) is 8.44. The highest BCUT2D eigenvalue weighted by atomic mass is 32.1. The van der Waals surface area contributed by atoms with Gasteiger partial charge in [-0.25, -0.2) is 0 Å². The van der Waals surface area contributed by atoms with Crippen LogP contribution >= 0.6 is 11.3 Å². The van der Waals surface area contributed by atoms with Gasteiger partial charge in [-0.2, -0.15) is 0 Å². The van der Waals surface area contributed by atoms with Crippen LogP contribution in [0.15, 0.2) is 78.2 Å². The summed E-state index contributed by atoms with van der Waals surface area (Å²) >= 11 is 1.50. The molecule has 0 aliphatic rings. The Morgan fingerprint density at radius 3 is 2.08 bits per heavy atom. The molecule has 0 radical (unpaired) electrons. The Balaban J connectivity index is 1.95. The van der Waals surface area contributed by atoms with E-state index in [1.54, 1.807) is 32.4 Å². The number of thiophene rings is 1. The first-order valence-corrected chi connectivity index (χ1v) is 12.7. The normalized spacial score (nSPS) is 10.8. The number of ether oxygens (including phenoxy) is 4. The lowest BCUT2D eigenvalue weighted by Gasteiger charge is -2.23. The van der Waals surface area contributed by atoms with Crippen molar-refractivity contribution in [2.45, 2.75) is 0 Å². The van der Waals surface area contributed by atoms with Gasteiger partial charge in [0.25, 0.3) is 0 Å². The van der Waals surface area contributed by atoms with E-state index in [9.17, 15) is 9.90 Å². The molecule has 1 heterocycles. The third-order valence-corrected chi connectivity index (χ3v) is 7.46. The molecule has 7 heteroatoms. The molecule has 0 aliphatic heterocycles. The summed E-state index contributed by atoms with van der Waals surface area (Å²) in [5, 5.41) is 14.1. The number of carbonyl (C=O) groups excluding carboxylic acids is 1. The number of phenolic OH excluding ortho intramolecular Hbond substituents is 1. The van der Waals surface area contributed by atoms with Crippen LogP contribution in [0.4, 0.5) is 0 Å². The van der Waals surface area contributed by atoms with Crippen LogP contribution in [-0.4, -0.2) is 39.3 Å². The maximum Gasteiger partial charge on any atom is 0.202 e. The molecular formula is C31H26O6S. The van der Waals surface area contributed by atoms with Crippen molar-refractivity contribution in [2.75, 3.05) is 28.4 Å². The summed E-state index contributed by atoms with van der Waals surface area (Å²) in [6.07, 6.45) is 0. The fourth-order valence-corrected chi connectivity index (χ4v) is 5.69. The molecule has 38 heavy (non-hydrogen) atoms. The fourth-order valence-electron chi connectivity index (χ4n) is 4.75. The number of ketones is 1. The predicted octanol–water partition coefficient (Wildman–Crippen LogP) is 7.21. The predicted molar refractivity (Wildman–Crippen MR) is 150 cm³/mol. The summed E-state index contributed by atoms with van der Waals surface area (Å²) in [7, 11) is 6.06. The number of hydrogen-bond donors (Lipinski definition) is 1. The van der Waals surface area contributed by atoms with E-state index in [4.69, 9.17) is 18.9 Å². The summed E-state index contributed by atoms with van der Waals surface area (Å²) in [5.74, 6) is 0.992. The van der Waals surface area contributed by atoms with Gasteiger partial charge in [0.1, 0.15) is 11.5 Å². The first-order valence-electron chi connectivity index (χ1n) is 11.8. The standard InChI is InChI=1S/C31H26O6S/c1-34-19-15-13-18(14-16-19)25-27(28(32)22-17-38-24-12-8-6-9-20(22)24)26(21-10-5-7-11-23(21)35-2)31(37-4)29(33)30(25)36-3/h5-17,33H,1-4H3. The molecule has 0 spiro atoms. The zero-order chi connectivity index (χ0) is 26.8. The van der Waals surface area contributed by atoms with Gasteiger partial charge in [-0.15, -0.1) is 11.3 Å². The van der Waals surface area contributed by atoms with E-state index < -0.39 is 0 Å². The summed E-state index contributed by atoms with van der Waals surface area (Å²) < 4.78 is 23.5. The number of hydrogen-bond acceptors (Lipinski definition) is 7.